The maximum atomic E-state index is 12.0. The molecule has 7 heteroatoms. The number of anilines is 1. The normalized spacial score (nSPS) is 16.6. The zero-order valence-corrected chi connectivity index (χ0v) is 14.2. The fourth-order valence-corrected chi connectivity index (χ4v) is 2.95. The number of aryl methyl sites for hydroxylation is 1. The fourth-order valence-electron chi connectivity index (χ4n) is 2.95. The second kappa shape index (κ2) is 6.95. The number of aromatic nitrogens is 1. The quantitative estimate of drug-likeness (QED) is 0.851. The van der Waals surface area contributed by atoms with E-state index in [2.05, 4.69) is 11.1 Å². The molecular weight excluding hydrogens is 322 g/mol. The summed E-state index contributed by atoms with van der Waals surface area (Å²) in [7, 11) is 0. The van der Waals surface area contributed by atoms with Crippen molar-refractivity contribution in [2.75, 3.05) is 25.6 Å². The number of nitriles is 1. The number of pyridine rings is 1. The van der Waals surface area contributed by atoms with Gasteiger partial charge in [0.25, 0.3) is 0 Å². The Bertz CT molecular complexity index is 845. The highest BCUT2D eigenvalue weighted by atomic mass is 16.5. The molecule has 7 nitrogen and oxygen atoms in total. The summed E-state index contributed by atoms with van der Waals surface area (Å²) in [6.45, 7) is 4.91. The maximum absolute atomic E-state index is 12.0. The highest BCUT2D eigenvalue weighted by Crippen LogP contribution is 2.34. The third-order valence-corrected chi connectivity index (χ3v) is 4.22. The summed E-state index contributed by atoms with van der Waals surface area (Å²) in [5.41, 5.74) is 7.99. The van der Waals surface area contributed by atoms with Gasteiger partial charge in [0.2, 0.25) is 0 Å². The Balaban J connectivity index is 2.05. The highest BCUT2D eigenvalue weighted by molar-refractivity contribution is 5.91. The van der Waals surface area contributed by atoms with Crippen LogP contribution in [0.1, 0.15) is 46.5 Å². The van der Waals surface area contributed by atoms with Gasteiger partial charge in [-0.2, -0.15) is 5.26 Å². The van der Waals surface area contributed by atoms with E-state index in [-0.39, 0.29) is 18.3 Å². The monoisotopic (exact) mass is 341 g/mol. The largest absolute Gasteiger partial charge is 0.462 e. The van der Waals surface area contributed by atoms with Crippen molar-refractivity contribution >= 4 is 11.8 Å². The third-order valence-electron chi connectivity index (χ3n) is 4.22. The lowest BCUT2D eigenvalue weighted by Crippen LogP contribution is -2.06. The number of hydrogen-bond donors (Lipinski definition) is 1. The second-order valence-electron chi connectivity index (χ2n) is 5.83. The zero-order valence-electron chi connectivity index (χ0n) is 14.2. The van der Waals surface area contributed by atoms with Gasteiger partial charge >= 0.3 is 5.97 Å². The topological polar surface area (TPSA) is 111 Å². The Labute approximate surface area is 145 Å². The summed E-state index contributed by atoms with van der Waals surface area (Å²) in [6, 6.07) is 5.51. The van der Waals surface area contributed by atoms with E-state index in [1.165, 1.54) is 0 Å². The van der Waals surface area contributed by atoms with Crippen LogP contribution in [-0.4, -0.2) is 30.8 Å². The molecule has 0 aliphatic carbocycles. The molecule has 1 aliphatic heterocycles. The van der Waals surface area contributed by atoms with E-state index < -0.39 is 5.97 Å². The van der Waals surface area contributed by atoms with Gasteiger partial charge in [-0.1, -0.05) is 0 Å². The Morgan fingerprint density at radius 2 is 2.32 bits per heavy atom. The average Bonchev–Trinajstić information content (AvgIpc) is 3.24. The minimum atomic E-state index is -0.443. The average molecular weight is 341 g/mol. The molecule has 130 valence electrons. The molecule has 25 heavy (non-hydrogen) atoms. The van der Waals surface area contributed by atoms with Crippen LogP contribution in [0.3, 0.4) is 0 Å². The van der Waals surface area contributed by atoms with Gasteiger partial charge in [-0.05, 0) is 31.9 Å². The molecule has 1 atom stereocenters. The van der Waals surface area contributed by atoms with Crippen LogP contribution in [0, 0.1) is 18.3 Å². The number of nitrogens with two attached hydrogens (primary N) is 1. The fraction of sp³-hybridized carbons (Fsp3) is 0.389. The molecule has 1 unspecified atom stereocenters. The van der Waals surface area contributed by atoms with Gasteiger partial charge in [-0.3, -0.25) is 0 Å². The Kier molecular flexibility index (Phi) is 4.72. The Hall–Kier alpha value is -2.85. The lowest BCUT2D eigenvalue weighted by Gasteiger charge is -2.13. The second-order valence-corrected chi connectivity index (χ2v) is 5.83. The lowest BCUT2D eigenvalue weighted by atomic mass is 9.93. The molecule has 1 aliphatic rings. The number of rotatable bonds is 4. The van der Waals surface area contributed by atoms with Gasteiger partial charge in [0, 0.05) is 18.6 Å². The van der Waals surface area contributed by atoms with E-state index in [1.54, 1.807) is 26.0 Å². The van der Waals surface area contributed by atoms with Crippen molar-refractivity contribution in [3.05, 3.63) is 34.6 Å². The molecule has 0 saturated carbocycles. The number of nitrogen functional groups attached to an aromatic ring is 1. The number of hydrogen-bond acceptors (Lipinski definition) is 7. The molecule has 1 fully saturated rings. The van der Waals surface area contributed by atoms with Gasteiger partial charge in [0.1, 0.15) is 28.9 Å². The summed E-state index contributed by atoms with van der Waals surface area (Å²) in [5, 5.41) is 9.41. The van der Waals surface area contributed by atoms with Crippen molar-refractivity contribution in [1.82, 2.24) is 4.98 Å². The summed E-state index contributed by atoms with van der Waals surface area (Å²) >= 11 is 0. The number of carbonyl (C=O) groups excluding carboxylic acids is 1. The van der Waals surface area contributed by atoms with Gasteiger partial charge in [0.05, 0.1) is 18.8 Å². The zero-order chi connectivity index (χ0) is 18.0. The number of nitrogens with zero attached hydrogens (tertiary/aromatic N) is 2. The van der Waals surface area contributed by atoms with Crippen LogP contribution >= 0.6 is 0 Å². The van der Waals surface area contributed by atoms with Crippen LogP contribution in [0.2, 0.25) is 0 Å². The minimum Gasteiger partial charge on any atom is -0.462 e. The van der Waals surface area contributed by atoms with E-state index >= 15 is 0 Å². The molecule has 3 heterocycles. The van der Waals surface area contributed by atoms with Crippen LogP contribution in [0.15, 0.2) is 16.5 Å². The van der Waals surface area contributed by atoms with Crippen molar-refractivity contribution in [1.29, 1.82) is 5.26 Å². The first kappa shape index (κ1) is 17.0. The first-order valence-corrected chi connectivity index (χ1v) is 8.11. The third kappa shape index (κ3) is 3.21. The van der Waals surface area contributed by atoms with Crippen LogP contribution in [-0.2, 0) is 9.47 Å². The smallest absolute Gasteiger partial charge is 0.341 e. The van der Waals surface area contributed by atoms with Crippen LogP contribution in [0.4, 0.5) is 5.82 Å². The lowest BCUT2D eigenvalue weighted by molar-refractivity contribution is 0.0524. The van der Waals surface area contributed by atoms with Crippen molar-refractivity contribution in [2.45, 2.75) is 26.2 Å². The molecule has 2 aromatic rings. The predicted molar refractivity (Wildman–Crippen MR) is 89.9 cm³/mol. The molecular formula is C18H19N3O4. The first-order valence-electron chi connectivity index (χ1n) is 8.11. The van der Waals surface area contributed by atoms with Gasteiger partial charge in [-0.25, -0.2) is 9.78 Å². The van der Waals surface area contributed by atoms with Gasteiger partial charge in [0.15, 0.2) is 5.76 Å². The van der Waals surface area contributed by atoms with Crippen LogP contribution in [0.5, 0.6) is 0 Å². The summed E-state index contributed by atoms with van der Waals surface area (Å²) in [5.74, 6) is 0.662. The first-order chi connectivity index (χ1) is 12.0. The van der Waals surface area contributed by atoms with Crippen molar-refractivity contribution in [3.63, 3.8) is 0 Å². The van der Waals surface area contributed by atoms with Crippen molar-refractivity contribution < 1.29 is 18.7 Å². The molecule has 2 N–H and O–H groups in total. The standard InChI is InChI=1S/C18H19N3O4/c1-3-24-18(22)12-7-16(25-10(12)2)15-6-13(11-4-5-23-9-11)14(8-19)17(20)21-15/h6-7,11H,3-5,9H2,1-2H3,(H2,20,21). The maximum Gasteiger partial charge on any atom is 0.341 e. The predicted octanol–water partition coefficient (Wildman–Crippen LogP) is 2.78. The highest BCUT2D eigenvalue weighted by Gasteiger charge is 2.25. The van der Waals surface area contributed by atoms with Crippen LogP contribution in [0.25, 0.3) is 11.5 Å². The molecule has 0 radical (unpaired) electrons. The van der Waals surface area contributed by atoms with Gasteiger partial charge < -0.3 is 19.6 Å². The Morgan fingerprint density at radius 3 is 2.96 bits per heavy atom. The van der Waals surface area contributed by atoms with Crippen LogP contribution < -0.4 is 5.73 Å². The van der Waals surface area contributed by atoms with Gasteiger partial charge in [-0.15, -0.1) is 0 Å². The van der Waals surface area contributed by atoms with E-state index in [0.29, 0.717) is 41.6 Å². The molecule has 0 bridgehead atoms. The molecule has 0 spiro atoms. The van der Waals surface area contributed by atoms with Crippen molar-refractivity contribution in [2.24, 2.45) is 0 Å². The number of esters is 1. The molecule has 0 amide bonds. The minimum absolute atomic E-state index is 0.0966. The number of carbonyl (C=O) groups is 1. The van der Waals surface area contributed by atoms with Crippen molar-refractivity contribution in [3.8, 4) is 17.5 Å². The molecule has 2 aromatic heterocycles. The molecule has 0 aromatic carbocycles. The van der Waals surface area contributed by atoms with E-state index in [0.717, 1.165) is 12.0 Å². The van der Waals surface area contributed by atoms with E-state index in [1.807, 2.05) is 0 Å². The summed E-state index contributed by atoms with van der Waals surface area (Å²) in [4.78, 5) is 16.2. The molecule has 1 saturated heterocycles. The van der Waals surface area contributed by atoms with E-state index in [4.69, 9.17) is 19.6 Å². The number of furan rings is 1. The summed E-state index contributed by atoms with van der Waals surface area (Å²) in [6.07, 6.45) is 0.822. The number of ether oxygens (including phenoxy) is 2. The molecule has 3 rings (SSSR count). The van der Waals surface area contributed by atoms with E-state index in [9.17, 15) is 10.1 Å². The SMILES string of the molecule is CCOC(=O)c1cc(-c2cc(C3CCOC3)c(C#N)c(N)n2)oc1C. The summed E-state index contributed by atoms with van der Waals surface area (Å²) < 4.78 is 16.1. The Morgan fingerprint density at radius 1 is 1.52 bits per heavy atom.